The van der Waals surface area contributed by atoms with Crippen molar-refractivity contribution in [1.82, 2.24) is 4.72 Å². The van der Waals surface area contributed by atoms with Gasteiger partial charge in [-0.3, -0.25) is 4.79 Å². The van der Waals surface area contributed by atoms with Gasteiger partial charge in [-0.25, -0.2) is 13.1 Å². The van der Waals surface area contributed by atoms with Gasteiger partial charge in [0.25, 0.3) is 0 Å². The highest BCUT2D eigenvalue weighted by Gasteiger charge is 2.11. The average Bonchev–Trinajstić information content (AvgIpc) is 3.26. The second-order valence-corrected chi connectivity index (χ2v) is 8.56. The van der Waals surface area contributed by atoms with Crippen LogP contribution < -0.4 is 10.0 Å². The maximum atomic E-state index is 12.3. The molecule has 0 spiro atoms. The van der Waals surface area contributed by atoms with Crippen molar-refractivity contribution in [3.63, 3.8) is 0 Å². The Morgan fingerprint density at radius 3 is 2.50 bits per heavy atom. The molecule has 0 fully saturated rings. The summed E-state index contributed by atoms with van der Waals surface area (Å²) < 4.78 is 36.6. The monoisotopic (exact) mass is 428 g/mol. The van der Waals surface area contributed by atoms with Crippen LogP contribution in [0.15, 0.2) is 76.2 Å². The Bertz CT molecular complexity index is 1060. The Morgan fingerprint density at radius 1 is 1.00 bits per heavy atom. The predicted octanol–water partition coefficient (Wildman–Crippen LogP) is 3.48. The topological polar surface area (TPSA) is 97.6 Å². The first-order valence-electron chi connectivity index (χ1n) is 9.48. The summed E-state index contributed by atoms with van der Waals surface area (Å²) >= 11 is 0. The fourth-order valence-electron chi connectivity index (χ4n) is 2.84. The molecule has 0 bridgehead atoms. The number of aryl methyl sites for hydroxylation is 1. The van der Waals surface area contributed by atoms with Crippen LogP contribution in [0.4, 0.5) is 5.69 Å². The van der Waals surface area contributed by atoms with Crippen molar-refractivity contribution in [1.29, 1.82) is 0 Å². The van der Waals surface area contributed by atoms with Crippen LogP contribution in [-0.4, -0.2) is 21.4 Å². The lowest BCUT2D eigenvalue weighted by Crippen LogP contribution is -2.18. The SMILES string of the molecule is CNS(=O)(=O)c1ccc(CCC(=O)Nc2cccc(COCc3ccco3)c2)cc1. The van der Waals surface area contributed by atoms with Gasteiger partial charge in [0.2, 0.25) is 15.9 Å². The fourth-order valence-corrected chi connectivity index (χ4v) is 3.57. The lowest BCUT2D eigenvalue weighted by Gasteiger charge is -2.08. The number of amides is 1. The summed E-state index contributed by atoms with van der Waals surface area (Å²) in [6.45, 7) is 0.796. The summed E-state index contributed by atoms with van der Waals surface area (Å²) in [4.78, 5) is 12.5. The zero-order valence-electron chi connectivity index (χ0n) is 16.6. The molecule has 0 aliphatic heterocycles. The van der Waals surface area contributed by atoms with E-state index in [0.29, 0.717) is 25.3 Å². The van der Waals surface area contributed by atoms with Crippen LogP contribution in [0.3, 0.4) is 0 Å². The van der Waals surface area contributed by atoms with Crippen molar-refractivity contribution >= 4 is 21.6 Å². The van der Waals surface area contributed by atoms with Crippen molar-refractivity contribution in [2.45, 2.75) is 31.0 Å². The lowest BCUT2D eigenvalue weighted by molar-refractivity contribution is -0.116. The van der Waals surface area contributed by atoms with E-state index in [9.17, 15) is 13.2 Å². The molecule has 1 aromatic heterocycles. The van der Waals surface area contributed by atoms with Crippen LogP contribution in [0.5, 0.6) is 0 Å². The number of hydrogen-bond acceptors (Lipinski definition) is 5. The molecule has 3 aromatic rings. The fraction of sp³-hybridized carbons (Fsp3) is 0.227. The van der Waals surface area contributed by atoms with E-state index in [4.69, 9.17) is 9.15 Å². The van der Waals surface area contributed by atoms with Crippen LogP contribution in [0.2, 0.25) is 0 Å². The standard InChI is InChI=1S/C22H24N2O5S/c1-23-30(26,27)21-10-7-17(8-11-21)9-12-22(25)24-19-5-2-4-18(14-19)15-28-16-20-6-3-13-29-20/h2-8,10-11,13-14,23H,9,12,15-16H2,1H3,(H,24,25). The number of nitrogens with one attached hydrogen (secondary N) is 2. The second-order valence-electron chi connectivity index (χ2n) is 6.67. The Labute approximate surface area is 176 Å². The molecule has 0 aliphatic rings. The van der Waals surface area contributed by atoms with Crippen molar-refractivity contribution in [3.8, 4) is 0 Å². The number of carbonyl (C=O) groups excluding carboxylic acids is 1. The van der Waals surface area contributed by atoms with Crippen molar-refractivity contribution < 1.29 is 22.4 Å². The molecule has 30 heavy (non-hydrogen) atoms. The van der Waals surface area contributed by atoms with Crippen LogP contribution in [0.1, 0.15) is 23.3 Å². The molecular weight excluding hydrogens is 404 g/mol. The quantitative estimate of drug-likeness (QED) is 0.515. The van der Waals surface area contributed by atoms with E-state index in [-0.39, 0.29) is 17.2 Å². The molecule has 3 rings (SSSR count). The summed E-state index contributed by atoms with van der Waals surface area (Å²) in [5.41, 5.74) is 2.54. The third-order valence-corrected chi connectivity index (χ3v) is 5.88. The van der Waals surface area contributed by atoms with E-state index >= 15 is 0 Å². The summed E-state index contributed by atoms with van der Waals surface area (Å²) in [7, 11) is -2.09. The van der Waals surface area contributed by atoms with E-state index in [1.165, 1.54) is 19.2 Å². The van der Waals surface area contributed by atoms with Gasteiger partial charge in [0.05, 0.1) is 17.8 Å². The number of benzene rings is 2. The van der Waals surface area contributed by atoms with E-state index < -0.39 is 10.0 Å². The molecule has 2 N–H and O–H groups in total. The molecule has 0 aliphatic carbocycles. The number of rotatable bonds is 10. The molecule has 7 nitrogen and oxygen atoms in total. The second kappa shape index (κ2) is 10.2. The van der Waals surface area contributed by atoms with E-state index in [1.54, 1.807) is 18.4 Å². The van der Waals surface area contributed by atoms with Gasteiger partial charge in [0.15, 0.2) is 0 Å². The van der Waals surface area contributed by atoms with Gasteiger partial charge in [-0.2, -0.15) is 0 Å². The smallest absolute Gasteiger partial charge is 0.240 e. The normalized spacial score (nSPS) is 11.4. The first-order valence-corrected chi connectivity index (χ1v) is 11.0. The van der Waals surface area contributed by atoms with E-state index in [1.807, 2.05) is 36.4 Å². The van der Waals surface area contributed by atoms with Gasteiger partial charge in [0, 0.05) is 12.1 Å². The molecule has 0 saturated carbocycles. The third-order valence-electron chi connectivity index (χ3n) is 4.45. The number of carbonyl (C=O) groups is 1. The van der Waals surface area contributed by atoms with Gasteiger partial charge in [-0.1, -0.05) is 24.3 Å². The number of sulfonamides is 1. The van der Waals surface area contributed by atoms with Crippen molar-refractivity contribution in [3.05, 3.63) is 83.8 Å². The molecular formula is C22H24N2O5S. The maximum Gasteiger partial charge on any atom is 0.240 e. The summed E-state index contributed by atoms with van der Waals surface area (Å²) in [6.07, 6.45) is 2.41. The Hall–Kier alpha value is -2.94. The molecule has 0 unspecified atom stereocenters. The number of anilines is 1. The highest BCUT2D eigenvalue weighted by Crippen LogP contribution is 2.15. The Morgan fingerprint density at radius 2 is 1.80 bits per heavy atom. The first kappa shape index (κ1) is 21.8. The van der Waals surface area contributed by atoms with Crippen LogP contribution in [-0.2, 0) is 39.2 Å². The molecule has 158 valence electrons. The molecule has 8 heteroatoms. The molecule has 1 heterocycles. The molecule has 0 saturated heterocycles. The van der Waals surface area contributed by atoms with Gasteiger partial charge in [-0.15, -0.1) is 0 Å². The molecule has 0 atom stereocenters. The van der Waals surface area contributed by atoms with Gasteiger partial charge in [-0.05, 0) is 61.0 Å². The molecule has 2 aromatic carbocycles. The van der Waals surface area contributed by atoms with Crippen molar-refractivity contribution in [2.24, 2.45) is 0 Å². The summed E-state index contributed by atoms with van der Waals surface area (Å²) in [5.74, 6) is 0.645. The zero-order valence-corrected chi connectivity index (χ0v) is 17.4. The zero-order chi connectivity index (χ0) is 21.4. The van der Waals surface area contributed by atoms with Gasteiger partial charge >= 0.3 is 0 Å². The van der Waals surface area contributed by atoms with Crippen LogP contribution >= 0.6 is 0 Å². The minimum atomic E-state index is -3.46. The average molecular weight is 429 g/mol. The van der Waals surface area contributed by atoms with Gasteiger partial charge < -0.3 is 14.5 Å². The number of hydrogen-bond donors (Lipinski definition) is 2. The molecule has 0 radical (unpaired) electrons. The first-order chi connectivity index (χ1) is 14.5. The number of ether oxygens (including phenoxy) is 1. The lowest BCUT2D eigenvalue weighted by atomic mass is 10.1. The van der Waals surface area contributed by atoms with E-state index in [0.717, 1.165) is 16.9 Å². The highest BCUT2D eigenvalue weighted by molar-refractivity contribution is 7.89. The minimum absolute atomic E-state index is 0.115. The largest absolute Gasteiger partial charge is 0.467 e. The predicted molar refractivity (Wildman–Crippen MR) is 113 cm³/mol. The Kier molecular flexibility index (Phi) is 7.40. The van der Waals surface area contributed by atoms with Crippen molar-refractivity contribution in [2.75, 3.05) is 12.4 Å². The highest BCUT2D eigenvalue weighted by atomic mass is 32.2. The Balaban J connectivity index is 1.47. The summed E-state index contributed by atoms with van der Waals surface area (Å²) in [5, 5.41) is 2.88. The molecule has 1 amide bonds. The summed E-state index contributed by atoms with van der Waals surface area (Å²) in [6, 6.07) is 17.7. The van der Waals surface area contributed by atoms with Gasteiger partial charge in [0.1, 0.15) is 12.4 Å². The maximum absolute atomic E-state index is 12.3. The third kappa shape index (κ3) is 6.28. The van der Waals surface area contributed by atoms with Crippen LogP contribution in [0, 0.1) is 0 Å². The van der Waals surface area contributed by atoms with Crippen LogP contribution in [0.25, 0.3) is 0 Å². The minimum Gasteiger partial charge on any atom is -0.467 e. The number of furan rings is 1. The van der Waals surface area contributed by atoms with E-state index in [2.05, 4.69) is 10.0 Å².